The largest absolute Gasteiger partial charge is 0.502 e. The number of hydrogen-bond acceptors (Lipinski definition) is 4. The lowest BCUT2D eigenvalue weighted by atomic mass is 10.1. The van der Waals surface area contributed by atoms with Crippen LogP contribution in [0.1, 0.15) is 0 Å². The number of fused-ring (bicyclic) bond motifs is 1. The highest BCUT2D eigenvalue weighted by atomic mass is 35.5. The molecular weight excluding hydrogens is 266 g/mol. The lowest BCUT2D eigenvalue weighted by Gasteiger charge is -2.05. The summed E-state index contributed by atoms with van der Waals surface area (Å²) in [6.45, 7) is 0. The van der Waals surface area contributed by atoms with Crippen LogP contribution in [0.4, 0.5) is 0 Å². The summed E-state index contributed by atoms with van der Waals surface area (Å²) in [5, 5.41) is 10.6. The van der Waals surface area contributed by atoms with E-state index in [1.54, 1.807) is 36.7 Å². The summed E-state index contributed by atoms with van der Waals surface area (Å²) in [4.78, 5) is 16.0. The first-order valence-electron chi connectivity index (χ1n) is 5.52. The van der Waals surface area contributed by atoms with Gasteiger partial charge in [0.1, 0.15) is 5.58 Å². The predicted octanol–water partition coefficient (Wildman–Crippen LogP) is 3.21. The van der Waals surface area contributed by atoms with Gasteiger partial charge >= 0.3 is 0 Å². The number of halogens is 1. The third-order valence-electron chi connectivity index (χ3n) is 2.77. The Morgan fingerprint density at radius 1 is 1.16 bits per heavy atom. The van der Waals surface area contributed by atoms with Crippen LogP contribution in [0.25, 0.3) is 22.3 Å². The highest BCUT2D eigenvalue weighted by Crippen LogP contribution is 2.30. The second kappa shape index (κ2) is 4.40. The molecule has 3 rings (SSSR count). The van der Waals surface area contributed by atoms with Crippen molar-refractivity contribution in [3.8, 4) is 17.1 Å². The van der Waals surface area contributed by atoms with E-state index in [-0.39, 0.29) is 11.1 Å². The molecule has 2 aromatic heterocycles. The van der Waals surface area contributed by atoms with Crippen molar-refractivity contribution in [2.45, 2.75) is 0 Å². The monoisotopic (exact) mass is 273 g/mol. The summed E-state index contributed by atoms with van der Waals surface area (Å²) in [6, 6.07) is 8.00. The molecule has 4 nitrogen and oxygen atoms in total. The average molecular weight is 274 g/mol. The molecule has 1 aromatic carbocycles. The Labute approximate surface area is 112 Å². The fourth-order valence-corrected chi connectivity index (χ4v) is 2.03. The van der Waals surface area contributed by atoms with Gasteiger partial charge in [-0.25, -0.2) is 0 Å². The Hall–Kier alpha value is -2.33. The number of rotatable bonds is 1. The Morgan fingerprint density at radius 2 is 1.89 bits per heavy atom. The van der Waals surface area contributed by atoms with E-state index in [9.17, 15) is 9.90 Å². The number of nitrogens with zero attached hydrogens (tertiary/aromatic N) is 1. The molecule has 0 unspecified atom stereocenters. The summed E-state index contributed by atoms with van der Waals surface area (Å²) in [7, 11) is 0. The molecule has 3 aromatic rings. The third kappa shape index (κ3) is 1.96. The van der Waals surface area contributed by atoms with Crippen LogP contribution in [0.15, 0.2) is 51.9 Å². The molecule has 19 heavy (non-hydrogen) atoms. The van der Waals surface area contributed by atoms with Crippen LogP contribution in [0, 0.1) is 0 Å². The van der Waals surface area contributed by atoms with Gasteiger partial charge < -0.3 is 9.52 Å². The summed E-state index contributed by atoms with van der Waals surface area (Å²) >= 11 is 5.83. The van der Waals surface area contributed by atoms with E-state index in [4.69, 9.17) is 16.0 Å². The minimum Gasteiger partial charge on any atom is -0.502 e. The van der Waals surface area contributed by atoms with Crippen LogP contribution in [0.2, 0.25) is 5.02 Å². The van der Waals surface area contributed by atoms with Crippen LogP contribution in [-0.2, 0) is 0 Å². The summed E-state index contributed by atoms with van der Waals surface area (Å²) in [5.74, 6) is -0.303. The van der Waals surface area contributed by atoms with Gasteiger partial charge in [-0.15, -0.1) is 0 Å². The van der Waals surface area contributed by atoms with Gasteiger partial charge in [0.2, 0.25) is 11.2 Å². The standard InChI is InChI=1S/C14H8ClNO3/c15-9-1-2-11-10(7-9)12(17)13(18)14(19-11)8-3-5-16-6-4-8/h1-7,18H. The fourth-order valence-electron chi connectivity index (χ4n) is 1.86. The van der Waals surface area contributed by atoms with Crippen LogP contribution in [0.3, 0.4) is 0 Å². The van der Waals surface area contributed by atoms with E-state index in [0.29, 0.717) is 16.2 Å². The fraction of sp³-hybridized carbons (Fsp3) is 0. The zero-order chi connectivity index (χ0) is 13.4. The van der Waals surface area contributed by atoms with Crippen molar-refractivity contribution in [3.63, 3.8) is 0 Å². The normalized spacial score (nSPS) is 10.8. The summed E-state index contributed by atoms with van der Waals surface area (Å²) in [5.41, 5.74) is 0.455. The topological polar surface area (TPSA) is 63.3 Å². The third-order valence-corrected chi connectivity index (χ3v) is 3.01. The molecule has 0 aliphatic rings. The van der Waals surface area contributed by atoms with Gasteiger partial charge in [-0.2, -0.15) is 0 Å². The zero-order valence-electron chi connectivity index (χ0n) is 9.63. The molecule has 0 bridgehead atoms. The maximum atomic E-state index is 12.1. The second-order valence-corrected chi connectivity index (χ2v) is 4.42. The van der Waals surface area contributed by atoms with Gasteiger partial charge in [0, 0.05) is 23.0 Å². The Bertz CT molecular complexity index is 812. The molecule has 5 heteroatoms. The first kappa shape index (κ1) is 11.7. The van der Waals surface area contributed by atoms with Crippen molar-refractivity contribution in [3.05, 3.63) is 58.0 Å². The van der Waals surface area contributed by atoms with Gasteiger partial charge in [0.15, 0.2) is 5.76 Å². The summed E-state index contributed by atoms with van der Waals surface area (Å²) in [6.07, 6.45) is 3.11. The molecular formula is C14H8ClNO3. The van der Waals surface area contributed by atoms with Crippen molar-refractivity contribution in [1.82, 2.24) is 4.98 Å². The number of aromatic hydroxyl groups is 1. The number of hydrogen-bond donors (Lipinski definition) is 1. The molecule has 0 aliphatic heterocycles. The Balaban J connectivity index is 2.37. The Kier molecular flexibility index (Phi) is 2.72. The average Bonchev–Trinajstić information content (AvgIpc) is 2.44. The molecule has 0 saturated carbocycles. The highest BCUT2D eigenvalue weighted by molar-refractivity contribution is 6.31. The van der Waals surface area contributed by atoms with Gasteiger partial charge in [-0.05, 0) is 30.3 Å². The van der Waals surface area contributed by atoms with Crippen LogP contribution >= 0.6 is 11.6 Å². The van der Waals surface area contributed by atoms with Crippen LogP contribution in [0.5, 0.6) is 5.75 Å². The minimum atomic E-state index is -0.504. The number of pyridine rings is 1. The molecule has 0 aliphatic carbocycles. The summed E-state index contributed by atoms with van der Waals surface area (Å²) < 4.78 is 5.58. The number of benzene rings is 1. The predicted molar refractivity (Wildman–Crippen MR) is 72.4 cm³/mol. The van der Waals surface area contributed by atoms with Gasteiger partial charge in [0.05, 0.1) is 5.39 Å². The molecule has 0 spiro atoms. The van der Waals surface area contributed by atoms with Gasteiger partial charge in [0.25, 0.3) is 0 Å². The molecule has 0 saturated heterocycles. The van der Waals surface area contributed by atoms with E-state index in [2.05, 4.69) is 4.98 Å². The molecule has 0 atom stereocenters. The highest BCUT2D eigenvalue weighted by Gasteiger charge is 2.15. The van der Waals surface area contributed by atoms with E-state index in [0.717, 1.165) is 0 Å². The SMILES string of the molecule is O=c1c(O)c(-c2ccncc2)oc2ccc(Cl)cc12. The molecule has 0 fully saturated rings. The first-order valence-corrected chi connectivity index (χ1v) is 5.90. The van der Waals surface area contributed by atoms with Crippen LogP contribution in [-0.4, -0.2) is 10.1 Å². The maximum Gasteiger partial charge on any atom is 0.235 e. The molecule has 2 heterocycles. The molecule has 0 radical (unpaired) electrons. The lowest BCUT2D eigenvalue weighted by molar-refractivity contribution is 0.449. The quantitative estimate of drug-likeness (QED) is 0.739. The van der Waals surface area contributed by atoms with Crippen molar-refractivity contribution in [1.29, 1.82) is 0 Å². The van der Waals surface area contributed by atoms with Crippen LogP contribution < -0.4 is 5.43 Å². The smallest absolute Gasteiger partial charge is 0.235 e. The van der Waals surface area contributed by atoms with Crippen molar-refractivity contribution >= 4 is 22.6 Å². The first-order chi connectivity index (χ1) is 9.16. The van der Waals surface area contributed by atoms with Gasteiger partial charge in [-0.3, -0.25) is 9.78 Å². The zero-order valence-corrected chi connectivity index (χ0v) is 10.4. The Morgan fingerprint density at radius 3 is 2.63 bits per heavy atom. The maximum absolute atomic E-state index is 12.1. The lowest BCUT2D eigenvalue weighted by Crippen LogP contribution is -2.02. The minimum absolute atomic E-state index is 0.127. The van der Waals surface area contributed by atoms with E-state index < -0.39 is 11.2 Å². The second-order valence-electron chi connectivity index (χ2n) is 3.99. The van der Waals surface area contributed by atoms with E-state index >= 15 is 0 Å². The van der Waals surface area contributed by atoms with E-state index in [1.807, 2.05) is 0 Å². The molecule has 1 N–H and O–H groups in total. The molecule has 0 amide bonds. The molecule has 94 valence electrons. The van der Waals surface area contributed by atoms with Crippen molar-refractivity contribution in [2.24, 2.45) is 0 Å². The van der Waals surface area contributed by atoms with E-state index in [1.165, 1.54) is 6.07 Å². The van der Waals surface area contributed by atoms with Gasteiger partial charge in [-0.1, -0.05) is 11.6 Å². The van der Waals surface area contributed by atoms with Crippen molar-refractivity contribution in [2.75, 3.05) is 0 Å². The number of aromatic nitrogens is 1. The van der Waals surface area contributed by atoms with Crippen molar-refractivity contribution < 1.29 is 9.52 Å².